The van der Waals surface area contributed by atoms with Gasteiger partial charge in [-0.05, 0) is 26.0 Å². The molecule has 8 heteroatoms. The summed E-state index contributed by atoms with van der Waals surface area (Å²) in [6.45, 7) is 3.76. The maximum absolute atomic E-state index is 11.8. The first-order chi connectivity index (χ1) is 11.6. The average Bonchev–Trinajstić information content (AvgIpc) is 3.00. The van der Waals surface area contributed by atoms with Gasteiger partial charge in [0.25, 0.3) is 5.71 Å². The molecule has 2 aromatic heterocycles. The van der Waals surface area contributed by atoms with Crippen LogP contribution in [0, 0.1) is 0 Å². The fourth-order valence-corrected chi connectivity index (χ4v) is 2.45. The minimum atomic E-state index is -0.579. The quantitative estimate of drug-likeness (QED) is 0.709. The van der Waals surface area contributed by atoms with Crippen LogP contribution in [0.1, 0.15) is 13.8 Å². The number of carbonyl (C=O) groups excluding carboxylic acids is 1. The summed E-state index contributed by atoms with van der Waals surface area (Å²) < 4.78 is 10.3. The van der Waals surface area contributed by atoms with Crippen molar-refractivity contribution in [3.05, 3.63) is 35.6 Å². The van der Waals surface area contributed by atoms with Crippen LogP contribution in [0.4, 0.5) is 5.82 Å². The molecule has 0 aliphatic carbocycles. The first kappa shape index (κ1) is 16.2. The van der Waals surface area contributed by atoms with Gasteiger partial charge in [-0.1, -0.05) is 28.9 Å². The predicted molar refractivity (Wildman–Crippen MR) is 89.8 cm³/mol. The molecule has 0 amide bonds. The lowest BCUT2D eigenvalue weighted by atomic mass is 10.1. The van der Waals surface area contributed by atoms with Gasteiger partial charge in [-0.3, -0.25) is 0 Å². The predicted octanol–water partition coefficient (Wildman–Crippen LogP) is 3.30. The number of ether oxygens (including phenoxy) is 1. The van der Waals surface area contributed by atoms with Gasteiger partial charge in [-0.2, -0.15) is 4.98 Å². The van der Waals surface area contributed by atoms with Crippen LogP contribution in [0.15, 0.2) is 35.1 Å². The fourth-order valence-electron chi connectivity index (χ4n) is 2.26. The second-order valence-electron chi connectivity index (χ2n) is 5.06. The Hall–Kier alpha value is -2.67. The van der Waals surface area contributed by atoms with E-state index < -0.39 is 6.04 Å². The van der Waals surface area contributed by atoms with Crippen molar-refractivity contribution in [3.8, 4) is 11.3 Å². The highest BCUT2D eigenvalue weighted by atomic mass is 35.5. The lowest BCUT2D eigenvalue weighted by molar-refractivity contribution is -0.143. The lowest BCUT2D eigenvalue weighted by Gasteiger charge is -2.13. The van der Waals surface area contributed by atoms with Crippen molar-refractivity contribution < 1.29 is 14.1 Å². The maximum Gasteiger partial charge on any atom is 0.328 e. The van der Waals surface area contributed by atoms with Crippen molar-refractivity contribution in [2.45, 2.75) is 19.9 Å². The Bertz CT molecular complexity index is 881. The smallest absolute Gasteiger partial charge is 0.328 e. The number of nitrogens with one attached hydrogen (secondary N) is 1. The van der Waals surface area contributed by atoms with Gasteiger partial charge in [0.2, 0.25) is 0 Å². The van der Waals surface area contributed by atoms with Gasteiger partial charge >= 0.3 is 5.97 Å². The Morgan fingerprint density at radius 3 is 3.00 bits per heavy atom. The Morgan fingerprint density at radius 1 is 1.42 bits per heavy atom. The zero-order valence-corrected chi connectivity index (χ0v) is 13.9. The highest BCUT2D eigenvalue weighted by molar-refractivity contribution is 6.30. The van der Waals surface area contributed by atoms with Crippen molar-refractivity contribution in [3.63, 3.8) is 0 Å². The molecule has 124 valence electrons. The number of hydrogen-bond donors (Lipinski definition) is 1. The summed E-state index contributed by atoms with van der Waals surface area (Å²) in [6.07, 6.45) is 1.34. The summed E-state index contributed by atoms with van der Waals surface area (Å²) in [6, 6.07) is 6.63. The van der Waals surface area contributed by atoms with Crippen LogP contribution >= 0.6 is 11.6 Å². The molecule has 1 aromatic carbocycles. The second-order valence-corrected chi connectivity index (χ2v) is 5.50. The van der Waals surface area contributed by atoms with E-state index in [-0.39, 0.29) is 5.97 Å². The number of benzene rings is 1. The van der Waals surface area contributed by atoms with Crippen molar-refractivity contribution in [2.75, 3.05) is 11.9 Å². The molecule has 0 bridgehead atoms. The van der Waals surface area contributed by atoms with Gasteiger partial charge in [-0.25, -0.2) is 9.78 Å². The summed E-state index contributed by atoms with van der Waals surface area (Å²) in [4.78, 5) is 20.1. The van der Waals surface area contributed by atoms with E-state index in [0.29, 0.717) is 34.2 Å². The Labute approximate surface area is 143 Å². The van der Waals surface area contributed by atoms with Crippen molar-refractivity contribution >= 4 is 34.5 Å². The fraction of sp³-hybridized carbons (Fsp3) is 0.250. The third-order valence-corrected chi connectivity index (χ3v) is 3.60. The summed E-state index contributed by atoms with van der Waals surface area (Å²) in [5.74, 6) is 0.0711. The minimum Gasteiger partial charge on any atom is -0.464 e. The number of anilines is 1. The number of carbonyl (C=O) groups is 1. The molecule has 0 saturated carbocycles. The number of hydrogen-bond acceptors (Lipinski definition) is 7. The molecule has 7 nitrogen and oxygen atoms in total. The third-order valence-electron chi connectivity index (χ3n) is 3.36. The van der Waals surface area contributed by atoms with E-state index in [0.717, 1.165) is 5.56 Å². The summed E-state index contributed by atoms with van der Waals surface area (Å²) in [5, 5.41) is 8.24. The van der Waals surface area contributed by atoms with Crippen LogP contribution in [0.3, 0.4) is 0 Å². The molecule has 0 unspecified atom stereocenters. The van der Waals surface area contributed by atoms with Gasteiger partial charge < -0.3 is 14.6 Å². The molecular weight excluding hydrogens is 332 g/mol. The van der Waals surface area contributed by atoms with Gasteiger partial charge in [0.1, 0.15) is 29.3 Å². The van der Waals surface area contributed by atoms with Crippen LogP contribution in [-0.2, 0) is 9.53 Å². The number of esters is 1. The van der Waals surface area contributed by atoms with Gasteiger partial charge in [0.15, 0.2) is 0 Å². The Morgan fingerprint density at radius 2 is 2.25 bits per heavy atom. The highest BCUT2D eigenvalue weighted by Crippen LogP contribution is 2.32. The van der Waals surface area contributed by atoms with Crippen LogP contribution in [-0.4, -0.2) is 33.7 Å². The van der Waals surface area contributed by atoms with E-state index in [1.807, 2.05) is 12.1 Å². The minimum absolute atomic E-state index is 0.311. The van der Waals surface area contributed by atoms with E-state index in [1.54, 1.807) is 26.0 Å². The first-order valence-corrected chi connectivity index (χ1v) is 7.77. The zero-order chi connectivity index (χ0) is 17.1. The molecule has 0 radical (unpaired) electrons. The summed E-state index contributed by atoms with van der Waals surface area (Å²) in [7, 11) is 0. The maximum atomic E-state index is 11.8. The molecule has 1 atom stereocenters. The van der Waals surface area contributed by atoms with Gasteiger partial charge in [-0.15, -0.1) is 0 Å². The Balaban J connectivity index is 2.03. The number of halogens is 1. The van der Waals surface area contributed by atoms with E-state index >= 15 is 0 Å². The van der Waals surface area contributed by atoms with Crippen molar-refractivity contribution in [1.82, 2.24) is 15.1 Å². The normalized spacial score (nSPS) is 12.1. The third kappa shape index (κ3) is 3.16. The molecule has 24 heavy (non-hydrogen) atoms. The molecule has 2 heterocycles. The van der Waals surface area contributed by atoms with Crippen LogP contribution in [0.5, 0.6) is 0 Å². The van der Waals surface area contributed by atoms with E-state index in [2.05, 4.69) is 20.4 Å². The topological polar surface area (TPSA) is 90.1 Å². The summed E-state index contributed by atoms with van der Waals surface area (Å²) >= 11 is 6.05. The highest BCUT2D eigenvalue weighted by Gasteiger charge is 2.21. The Kier molecular flexibility index (Phi) is 4.61. The van der Waals surface area contributed by atoms with E-state index in [9.17, 15) is 4.79 Å². The molecule has 3 rings (SSSR count). The molecule has 0 saturated heterocycles. The van der Waals surface area contributed by atoms with Gasteiger partial charge in [0, 0.05) is 10.6 Å². The lowest BCUT2D eigenvalue weighted by Crippen LogP contribution is -2.28. The standard InChI is InChI=1S/C16H15ClN4O3/c1-3-23-16(22)9(2)20-14-12-13(10-5-4-6-11(17)7-10)21-24-15(12)19-8-18-14/h4-9H,3H2,1-2H3,(H,18,19,20)/t9-/m1/s1. The van der Waals surface area contributed by atoms with Crippen LogP contribution in [0.2, 0.25) is 5.02 Å². The molecular formula is C16H15ClN4O3. The average molecular weight is 347 g/mol. The number of fused-ring (bicyclic) bond motifs is 1. The largest absolute Gasteiger partial charge is 0.464 e. The molecule has 3 aromatic rings. The van der Waals surface area contributed by atoms with E-state index in [1.165, 1.54) is 6.33 Å². The molecule has 1 N–H and O–H groups in total. The molecule has 0 aliphatic heterocycles. The van der Waals surface area contributed by atoms with Crippen molar-refractivity contribution in [2.24, 2.45) is 0 Å². The molecule has 0 aliphatic rings. The number of nitrogens with zero attached hydrogens (tertiary/aromatic N) is 3. The van der Waals surface area contributed by atoms with Crippen LogP contribution < -0.4 is 5.32 Å². The second kappa shape index (κ2) is 6.84. The van der Waals surface area contributed by atoms with Crippen LogP contribution in [0.25, 0.3) is 22.4 Å². The zero-order valence-electron chi connectivity index (χ0n) is 13.1. The monoisotopic (exact) mass is 346 g/mol. The molecule has 0 spiro atoms. The molecule has 0 fully saturated rings. The summed E-state index contributed by atoms with van der Waals surface area (Å²) in [5.41, 5.74) is 1.63. The van der Waals surface area contributed by atoms with Gasteiger partial charge in [0.05, 0.1) is 6.61 Å². The number of aromatic nitrogens is 3. The van der Waals surface area contributed by atoms with Crippen molar-refractivity contribution in [1.29, 1.82) is 0 Å². The van der Waals surface area contributed by atoms with E-state index in [4.69, 9.17) is 20.9 Å². The first-order valence-electron chi connectivity index (χ1n) is 7.39. The number of rotatable bonds is 5. The SMILES string of the molecule is CCOC(=O)[C@@H](C)Nc1ncnc2onc(-c3cccc(Cl)c3)c12.